The standard InChI is InChI=1S/C20H16OS/c21-18-10-11-22-19-9-7-16-13-15(6-8-17(16)20(18)19)12-14-4-2-1-3-5-14/h1-9,13H,10-12H2. The molecule has 1 nitrogen and oxygen atoms in total. The van der Waals surface area contributed by atoms with E-state index in [4.69, 9.17) is 0 Å². The van der Waals surface area contributed by atoms with Crippen LogP contribution in [0, 0.1) is 0 Å². The molecule has 1 heterocycles. The molecule has 0 N–H and O–H groups in total. The van der Waals surface area contributed by atoms with E-state index in [0.717, 1.165) is 28.0 Å². The fraction of sp³-hybridized carbons (Fsp3) is 0.150. The minimum atomic E-state index is 0.287. The van der Waals surface area contributed by atoms with Gasteiger partial charge in [-0.15, -0.1) is 11.8 Å². The number of Topliss-reactive ketones (excluding diaryl/α,β-unsaturated/α-hetero) is 1. The van der Waals surface area contributed by atoms with Gasteiger partial charge >= 0.3 is 0 Å². The first-order valence-corrected chi connectivity index (χ1v) is 8.55. The van der Waals surface area contributed by atoms with E-state index in [-0.39, 0.29) is 5.78 Å². The quantitative estimate of drug-likeness (QED) is 0.654. The maximum absolute atomic E-state index is 12.3. The molecule has 0 saturated heterocycles. The summed E-state index contributed by atoms with van der Waals surface area (Å²) in [6, 6.07) is 21.2. The normalized spacial score (nSPS) is 14.1. The van der Waals surface area contributed by atoms with Crippen molar-refractivity contribution in [2.75, 3.05) is 5.75 Å². The second-order valence-corrected chi connectivity index (χ2v) is 6.81. The molecule has 4 rings (SSSR count). The van der Waals surface area contributed by atoms with Gasteiger partial charge in [0.2, 0.25) is 0 Å². The molecule has 0 saturated carbocycles. The average molecular weight is 304 g/mol. The van der Waals surface area contributed by atoms with E-state index in [1.165, 1.54) is 16.5 Å². The zero-order valence-corrected chi connectivity index (χ0v) is 13.0. The molecule has 0 aliphatic carbocycles. The highest BCUT2D eigenvalue weighted by molar-refractivity contribution is 7.99. The van der Waals surface area contributed by atoms with Crippen LogP contribution in [-0.2, 0) is 6.42 Å². The van der Waals surface area contributed by atoms with Crippen molar-refractivity contribution in [1.29, 1.82) is 0 Å². The number of rotatable bonds is 2. The van der Waals surface area contributed by atoms with E-state index in [1.54, 1.807) is 11.8 Å². The molecule has 2 heteroatoms. The molecule has 0 fully saturated rings. The number of benzene rings is 3. The van der Waals surface area contributed by atoms with Crippen molar-refractivity contribution in [3.8, 4) is 0 Å². The van der Waals surface area contributed by atoms with Crippen LogP contribution in [0.2, 0.25) is 0 Å². The number of fused-ring (bicyclic) bond motifs is 3. The Hall–Kier alpha value is -2.06. The van der Waals surface area contributed by atoms with Crippen molar-refractivity contribution in [3.63, 3.8) is 0 Å². The SMILES string of the molecule is O=C1CCSc2ccc3cc(Cc4ccccc4)ccc3c21. The number of carbonyl (C=O) groups excluding carboxylic acids is 1. The second-order valence-electron chi connectivity index (χ2n) is 5.68. The molecule has 0 spiro atoms. The lowest BCUT2D eigenvalue weighted by molar-refractivity contribution is 0.0986. The van der Waals surface area contributed by atoms with E-state index >= 15 is 0 Å². The van der Waals surface area contributed by atoms with Gasteiger partial charge in [0.1, 0.15) is 0 Å². The van der Waals surface area contributed by atoms with Crippen LogP contribution in [0.5, 0.6) is 0 Å². The van der Waals surface area contributed by atoms with Gasteiger partial charge in [-0.3, -0.25) is 4.79 Å². The summed E-state index contributed by atoms with van der Waals surface area (Å²) in [6.07, 6.45) is 1.58. The first-order valence-electron chi connectivity index (χ1n) is 7.57. The molecule has 0 amide bonds. The molecule has 0 bridgehead atoms. The van der Waals surface area contributed by atoms with Gasteiger partial charge in [0, 0.05) is 22.6 Å². The highest BCUT2D eigenvalue weighted by atomic mass is 32.2. The molecule has 0 atom stereocenters. The molecule has 1 aliphatic rings. The lowest BCUT2D eigenvalue weighted by Crippen LogP contribution is -2.08. The summed E-state index contributed by atoms with van der Waals surface area (Å²) in [4.78, 5) is 13.4. The van der Waals surface area contributed by atoms with Crippen molar-refractivity contribution in [2.45, 2.75) is 17.7 Å². The van der Waals surface area contributed by atoms with Gasteiger partial charge in [0.05, 0.1) is 0 Å². The lowest BCUT2D eigenvalue weighted by Gasteiger charge is -2.16. The Balaban J connectivity index is 1.78. The first-order chi connectivity index (χ1) is 10.8. The van der Waals surface area contributed by atoms with Gasteiger partial charge in [0.15, 0.2) is 5.78 Å². The molecule has 0 unspecified atom stereocenters. The van der Waals surface area contributed by atoms with Crippen molar-refractivity contribution in [1.82, 2.24) is 0 Å². The molecule has 22 heavy (non-hydrogen) atoms. The summed E-state index contributed by atoms with van der Waals surface area (Å²) in [5.74, 6) is 1.19. The van der Waals surface area contributed by atoms with Crippen LogP contribution in [0.4, 0.5) is 0 Å². The topological polar surface area (TPSA) is 17.1 Å². The minimum Gasteiger partial charge on any atom is -0.294 e. The maximum atomic E-state index is 12.3. The Morgan fingerprint density at radius 1 is 0.909 bits per heavy atom. The Morgan fingerprint density at radius 2 is 1.77 bits per heavy atom. The smallest absolute Gasteiger partial charge is 0.165 e. The van der Waals surface area contributed by atoms with Gasteiger partial charge in [-0.1, -0.05) is 54.6 Å². The molecule has 0 radical (unpaired) electrons. The van der Waals surface area contributed by atoms with Crippen LogP contribution in [0.25, 0.3) is 10.8 Å². The van der Waals surface area contributed by atoms with Gasteiger partial charge in [0.25, 0.3) is 0 Å². The van der Waals surface area contributed by atoms with E-state index in [9.17, 15) is 4.79 Å². The van der Waals surface area contributed by atoms with E-state index in [1.807, 2.05) is 6.07 Å². The highest BCUT2D eigenvalue weighted by Gasteiger charge is 2.20. The molecule has 3 aromatic carbocycles. The van der Waals surface area contributed by atoms with Gasteiger partial charge in [-0.25, -0.2) is 0 Å². The predicted octanol–water partition coefficient (Wildman–Crippen LogP) is 5.11. The predicted molar refractivity (Wildman–Crippen MR) is 92.9 cm³/mol. The van der Waals surface area contributed by atoms with Crippen LogP contribution in [0.1, 0.15) is 27.9 Å². The summed E-state index contributed by atoms with van der Waals surface area (Å²) < 4.78 is 0. The van der Waals surface area contributed by atoms with Gasteiger partial charge < -0.3 is 0 Å². The average Bonchev–Trinajstić information content (AvgIpc) is 2.55. The Bertz CT molecular complexity index is 852. The second kappa shape index (κ2) is 5.62. The van der Waals surface area contributed by atoms with Crippen LogP contribution < -0.4 is 0 Å². The van der Waals surface area contributed by atoms with Crippen molar-refractivity contribution < 1.29 is 4.79 Å². The maximum Gasteiger partial charge on any atom is 0.165 e. The largest absolute Gasteiger partial charge is 0.294 e. The molecule has 108 valence electrons. The number of hydrogen-bond acceptors (Lipinski definition) is 2. The molecule has 3 aromatic rings. The van der Waals surface area contributed by atoms with Crippen molar-refractivity contribution in [2.24, 2.45) is 0 Å². The number of ketones is 1. The van der Waals surface area contributed by atoms with E-state index < -0.39 is 0 Å². The Morgan fingerprint density at radius 3 is 2.64 bits per heavy atom. The summed E-state index contributed by atoms with van der Waals surface area (Å²) in [5, 5.41) is 2.27. The molecular weight excluding hydrogens is 288 g/mol. The number of hydrogen-bond donors (Lipinski definition) is 0. The fourth-order valence-corrected chi connectivity index (χ4v) is 4.13. The van der Waals surface area contributed by atoms with Crippen molar-refractivity contribution in [3.05, 3.63) is 77.4 Å². The van der Waals surface area contributed by atoms with Crippen molar-refractivity contribution >= 4 is 28.3 Å². The summed E-state index contributed by atoms with van der Waals surface area (Å²) in [6.45, 7) is 0. The van der Waals surface area contributed by atoms with Crippen LogP contribution in [0.3, 0.4) is 0 Å². The molecule has 1 aliphatic heterocycles. The van der Waals surface area contributed by atoms with Gasteiger partial charge in [-0.2, -0.15) is 0 Å². The molecule has 0 aromatic heterocycles. The Kier molecular flexibility index (Phi) is 3.47. The van der Waals surface area contributed by atoms with E-state index in [2.05, 4.69) is 54.6 Å². The summed E-state index contributed by atoms with van der Waals surface area (Å²) in [7, 11) is 0. The summed E-state index contributed by atoms with van der Waals surface area (Å²) >= 11 is 1.79. The van der Waals surface area contributed by atoms with Crippen LogP contribution >= 0.6 is 11.8 Å². The zero-order chi connectivity index (χ0) is 14.9. The number of thioether (sulfide) groups is 1. The minimum absolute atomic E-state index is 0.287. The molecular formula is C20H16OS. The third-order valence-corrected chi connectivity index (χ3v) is 5.22. The highest BCUT2D eigenvalue weighted by Crippen LogP contribution is 2.35. The third kappa shape index (κ3) is 2.44. The number of carbonyl (C=O) groups is 1. The first kappa shape index (κ1) is 13.6. The van der Waals surface area contributed by atoms with Crippen LogP contribution in [0.15, 0.2) is 65.6 Å². The van der Waals surface area contributed by atoms with Crippen LogP contribution in [-0.4, -0.2) is 11.5 Å². The fourth-order valence-electron chi connectivity index (χ4n) is 3.09. The summed E-state index contributed by atoms with van der Waals surface area (Å²) in [5.41, 5.74) is 3.53. The zero-order valence-electron chi connectivity index (χ0n) is 12.2. The Labute approximate surface area is 134 Å². The van der Waals surface area contributed by atoms with Gasteiger partial charge in [-0.05, 0) is 34.4 Å². The third-order valence-electron chi connectivity index (χ3n) is 4.16. The monoisotopic (exact) mass is 304 g/mol. The lowest BCUT2D eigenvalue weighted by atomic mass is 9.96. The van der Waals surface area contributed by atoms with E-state index in [0.29, 0.717) is 6.42 Å².